The molecule has 0 aromatic rings. The van der Waals surface area contributed by atoms with Gasteiger partial charge in [-0.2, -0.15) is 0 Å². The third-order valence-electron chi connectivity index (χ3n) is 4.89. The molecule has 8 nitrogen and oxygen atoms in total. The van der Waals surface area contributed by atoms with Crippen molar-refractivity contribution >= 4 is 18.0 Å². The van der Waals surface area contributed by atoms with E-state index in [1.54, 1.807) is 0 Å². The average Bonchev–Trinajstić information content (AvgIpc) is 3.06. The highest BCUT2D eigenvalue weighted by Gasteiger charge is 2.28. The molecule has 8 heteroatoms. The van der Waals surface area contributed by atoms with Gasteiger partial charge in [0.15, 0.2) is 5.96 Å². The maximum atomic E-state index is 12.2. The van der Waals surface area contributed by atoms with Crippen molar-refractivity contribution in [3.63, 3.8) is 0 Å². The first-order valence-electron chi connectivity index (χ1n) is 10.6. The number of hydrogen-bond acceptors (Lipinski definition) is 4. The van der Waals surface area contributed by atoms with Gasteiger partial charge in [0.1, 0.15) is 12.1 Å². The topological polar surface area (TPSA) is 95.1 Å². The maximum absolute atomic E-state index is 12.2. The Balaban J connectivity index is 1.82. The summed E-state index contributed by atoms with van der Waals surface area (Å²) >= 11 is 0. The fourth-order valence-electron chi connectivity index (χ4n) is 3.64. The van der Waals surface area contributed by atoms with Gasteiger partial charge in [0, 0.05) is 25.7 Å². The number of aliphatic imine (C=N–C) groups is 1. The summed E-state index contributed by atoms with van der Waals surface area (Å²) in [5.41, 5.74) is -0.509. The zero-order chi connectivity index (χ0) is 20.6. The fraction of sp³-hybridized carbons (Fsp3) is 0.850. The van der Waals surface area contributed by atoms with Crippen LogP contribution < -0.4 is 16.0 Å². The standard InChI is InChI=1S/C20H37N5O3/c1-5-21-18(22-13-17(26)23-15-9-7-6-8-10-15)25-12-11-16(14-25)24-19(27)28-20(2,3)4/h15-16H,5-14H2,1-4H3,(H,21,22)(H,23,26)(H,24,27). The van der Waals surface area contributed by atoms with Crippen LogP contribution in [0, 0.1) is 0 Å². The molecule has 0 aromatic carbocycles. The molecule has 1 saturated heterocycles. The Morgan fingerprint density at radius 2 is 1.79 bits per heavy atom. The van der Waals surface area contributed by atoms with E-state index in [1.807, 2.05) is 27.7 Å². The smallest absolute Gasteiger partial charge is 0.407 e. The Morgan fingerprint density at radius 3 is 2.43 bits per heavy atom. The van der Waals surface area contributed by atoms with E-state index in [1.165, 1.54) is 19.3 Å². The van der Waals surface area contributed by atoms with Gasteiger partial charge in [-0.05, 0) is 47.0 Å². The van der Waals surface area contributed by atoms with Crippen LogP contribution in [0.2, 0.25) is 0 Å². The number of carbonyl (C=O) groups is 2. The molecule has 2 fully saturated rings. The van der Waals surface area contributed by atoms with Crippen molar-refractivity contribution in [2.24, 2.45) is 4.99 Å². The Bertz CT molecular complexity index is 553. The van der Waals surface area contributed by atoms with Crippen LogP contribution in [-0.4, -0.2) is 66.7 Å². The van der Waals surface area contributed by atoms with Crippen LogP contribution in [0.15, 0.2) is 4.99 Å². The fourth-order valence-corrected chi connectivity index (χ4v) is 3.64. The molecule has 1 atom stereocenters. The summed E-state index contributed by atoms with van der Waals surface area (Å²) < 4.78 is 5.33. The summed E-state index contributed by atoms with van der Waals surface area (Å²) in [5.74, 6) is 0.694. The molecule has 1 aliphatic heterocycles. The SMILES string of the molecule is CCNC(=NCC(=O)NC1CCCCC1)N1CCC(NC(=O)OC(C)(C)C)C1. The van der Waals surface area contributed by atoms with Gasteiger partial charge >= 0.3 is 6.09 Å². The predicted octanol–water partition coefficient (Wildman–Crippen LogP) is 2.00. The summed E-state index contributed by atoms with van der Waals surface area (Å²) in [6.45, 7) is 9.82. The van der Waals surface area contributed by atoms with Gasteiger partial charge in [-0.1, -0.05) is 19.3 Å². The highest BCUT2D eigenvalue weighted by molar-refractivity contribution is 5.85. The van der Waals surface area contributed by atoms with Crippen LogP contribution in [0.1, 0.15) is 66.2 Å². The van der Waals surface area contributed by atoms with Crippen LogP contribution in [0.3, 0.4) is 0 Å². The molecule has 1 aliphatic carbocycles. The number of amides is 2. The van der Waals surface area contributed by atoms with E-state index in [2.05, 4.69) is 25.8 Å². The Hall–Kier alpha value is -1.99. The number of hydrogen-bond donors (Lipinski definition) is 3. The summed E-state index contributed by atoms with van der Waals surface area (Å²) in [6.07, 6.45) is 6.21. The third-order valence-corrected chi connectivity index (χ3v) is 4.89. The minimum Gasteiger partial charge on any atom is -0.444 e. The Kier molecular flexibility index (Phi) is 8.38. The Labute approximate surface area is 168 Å². The predicted molar refractivity (Wildman–Crippen MR) is 110 cm³/mol. The molecule has 2 rings (SSSR count). The minimum atomic E-state index is -0.509. The normalized spacial score (nSPS) is 21.4. The van der Waals surface area contributed by atoms with E-state index < -0.39 is 11.7 Å². The molecule has 28 heavy (non-hydrogen) atoms. The van der Waals surface area contributed by atoms with Crippen LogP contribution in [-0.2, 0) is 9.53 Å². The van der Waals surface area contributed by atoms with E-state index in [4.69, 9.17) is 4.74 Å². The number of ether oxygens (including phenoxy) is 1. The lowest BCUT2D eigenvalue weighted by Crippen LogP contribution is -2.45. The molecule has 1 unspecified atom stereocenters. The van der Waals surface area contributed by atoms with Gasteiger partial charge in [-0.25, -0.2) is 9.79 Å². The van der Waals surface area contributed by atoms with Crippen LogP contribution in [0.5, 0.6) is 0 Å². The van der Waals surface area contributed by atoms with Gasteiger partial charge in [0.25, 0.3) is 0 Å². The second-order valence-electron chi connectivity index (χ2n) is 8.65. The maximum Gasteiger partial charge on any atom is 0.407 e. The van der Waals surface area contributed by atoms with Gasteiger partial charge in [-0.15, -0.1) is 0 Å². The van der Waals surface area contributed by atoms with Crippen molar-refractivity contribution in [1.82, 2.24) is 20.9 Å². The van der Waals surface area contributed by atoms with E-state index in [-0.39, 0.29) is 18.5 Å². The van der Waals surface area contributed by atoms with Crippen molar-refractivity contribution in [2.75, 3.05) is 26.2 Å². The highest BCUT2D eigenvalue weighted by atomic mass is 16.6. The molecule has 3 N–H and O–H groups in total. The lowest BCUT2D eigenvalue weighted by atomic mass is 9.95. The molecule has 160 valence electrons. The second kappa shape index (κ2) is 10.5. The van der Waals surface area contributed by atoms with E-state index >= 15 is 0 Å². The molecule has 1 saturated carbocycles. The molecule has 2 aliphatic rings. The summed E-state index contributed by atoms with van der Waals surface area (Å²) in [5, 5.41) is 9.26. The molecule has 0 aromatic heterocycles. The summed E-state index contributed by atoms with van der Waals surface area (Å²) in [6, 6.07) is 0.308. The lowest BCUT2D eigenvalue weighted by molar-refractivity contribution is -0.120. The van der Waals surface area contributed by atoms with E-state index in [0.717, 1.165) is 38.3 Å². The van der Waals surface area contributed by atoms with Crippen molar-refractivity contribution < 1.29 is 14.3 Å². The highest BCUT2D eigenvalue weighted by Crippen LogP contribution is 2.17. The number of likely N-dealkylation sites (tertiary alicyclic amines) is 1. The molecule has 2 amide bonds. The van der Waals surface area contributed by atoms with Crippen molar-refractivity contribution in [1.29, 1.82) is 0 Å². The lowest BCUT2D eigenvalue weighted by Gasteiger charge is -2.24. The number of nitrogens with zero attached hydrogens (tertiary/aromatic N) is 2. The first kappa shape index (κ1) is 22.3. The zero-order valence-electron chi connectivity index (χ0n) is 17.8. The van der Waals surface area contributed by atoms with Crippen molar-refractivity contribution in [3.05, 3.63) is 0 Å². The average molecular weight is 396 g/mol. The number of alkyl carbamates (subject to hydrolysis) is 1. The molecular formula is C20H37N5O3. The van der Waals surface area contributed by atoms with Crippen molar-refractivity contribution in [2.45, 2.75) is 83.9 Å². The van der Waals surface area contributed by atoms with E-state index in [0.29, 0.717) is 12.6 Å². The van der Waals surface area contributed by atoms with Gasteiger partial charge in [0.2, 0.25) is 5.91 Å². The van der Waals surface area contributed by atoms with Gasteiger partial charge in [0.05, 0.1) is 6.04 Å². The first-order valence-corrected chi connectivity index (χ1v) is 10.6. The largest absolute Gasteiger partial charge is 0.444 e. The zero-order valence-corrected chi connectivity index (χ0v) is 17.8. The minimum absolute atomic E-state index is 0.00905. The molecule has 0 radical (unpaired) electrons. The molecule has 1 heterocycles. The van der Waals surface area contributed by atoms with Crippen molar-refractivity contribution in [3.8, 4) is 0 Å². The summed E-state index contributed by atoms with van der Waals surface area (Å²) in [4.78, 5) is 30.8. The quantitative estimate of drug-likeness (QED) is 0.489. The number of carbonyl (C=O) groups excluding carboxylic acids is 2. The van der Waals surface area contributed by atoms with Crippen LogP contribution in [0.4, 0.5) is 4.79 Å². The molecule has 0 bridgehead atoms. The van der Waals surface area contributed by atoms with Crippen LogP contribution >= 0.6 is 0 Å². The molecular weight excluding hydrogens is 358 g/mol. The number of guanidine groups is 1. The van der Waals surface area contributed by atoms with Gasteiger partial charge < -0.3 is 25.6 Å². The third kappa shape index (κ3) is 7.94. The van der Waals surface area contributed by atoms with Crippen LogP contribution in [0.25, 0.3) is 0 Å². The summed E-state index contributed by atoms with van der Waals surface area (Å²) in [7, 11) is 0. The Morgan fingerprint density at radius 1 is 1.07 bits per heavy atom. The van der Waals surface area contributed by atoms with Gasteiger partial charge in [-0.3, -0.25) is 4.79 Å². The monoisotopic (exact) mass is 395 g/mol. The number of rotatable bonds is 5. The second-order valence-corrected chi connectivity index (χ2v) is 8.65. The first-order chi connectivity index (χ1) is 13.3. The van der Waals surface area contributed by atoms with E-state index in [9.17, 15) is 9.59 Å². The number of nitrogens with one attached hydrogen (secondary N) is 3. The molecule has 0 spiro atoms.